The zero-order chi connectivity index (χ0) is 32.2. The highest BCUT2D eigenvalue weighted by Crippen LogP contribution is 2.38. The summed E-state index contributed by atoms with van der Waals surface area (Å²) in [7, 11) is 1.26. The first kappa shape index (κ1) is 33.3. The zero-order valence-corrected chi connectivity index (χ0v) is 25.9. The van der Waals surface area contributed by atoms with Gasteiger partial charge < -0.3 is 19.3 Å². The summed E-state index contributed by atoms with van der Waals surface area (Å²) in [5, 5.41) is 30.2. The van der Waals surface area contributed by atoms with Gasteiger partial charge in [0.2, 0.25) is 5.75 Å². The third-order valence-corrected chi connectivity index (χ3v) is 7.83. The molecule has 12 nitrogen and oxygen atoms in total. The Kier molecular flexibility index (Phi) is 10.3. The zero-order valence-electron chi connectivity index (χ0n) is 25.1. The molecule has 244 valence electrons. The second kappa shape index (κ2) is 14.5. The molecule has 47 heavy (non-hydrogen) atoms. The number of benzene rings is 4. The fraction of sp³-hybridized carbons (Fsp3) is 0.242. The first-order valence-electron chi connectivity index (χ1n) is 14.4. The van der Waals surface area contributed by atoms with E-state index in [1.165, 1.54) is 19.2 Å². The molecule has 5 aromatic rings. The predicted octanol–water partition coefficient (Wildman–Crippen LogP) is 5.63. The van der Waals surface area contributed by atoms with Gasteiger partial charge in [-0.25, -0.2) is 9.02 Å². The van der Waals surface area contributed by atoms with Crippen LogP contribution in [0.5, 0.6) is 11.5 Å². The molecule has 1 saturated heterocycles. The number of hydrogen-bond donors (Lipinski definition) is 1. The molecule has 0 bridgehead atoms. The van der Waals surface area contributed by atoms with Crippen LogP contribution in [0.15, 0.2) is 83.5 Å². The summed E-state index contributed by atoms with van der Waals surface area (Å²) in [5.74, 6) is -0.913. The van der Waals surface area contributed by atoms with Crippen molar-refractivity contribution >= 4 is 35.1 Å². The molecule has 0 radical (unpaired) electrons. The molecule has 2 atom stereocenters. The number of carbonyl (C=O) groups excluding carboxylic acids is 1. The first-order valence-corrected chi connectivity index (χ1v) is 14.4. The smallest absolute Gasteiger partial charge is 0.323 e. The van der Waals surface area contributed by atoms with Crippen LogP contribution in [0, 0.1) is 15.9 Å². The molecule has 1 aliphatic rings. The van der Waals surface area contributed by atoms with E-state index in [1.54, 1.807) is 65.6 Å². The van der Waals surface area contributed by atoms with E-state index in [1.807, 2.05) is 6.07 Å². The summed E-state index contributed by atoms with van der Waals surface area (Å²) < 4.78 is 37.3. The van der Waals surface area contributed by atoms with Crippen molar-refractivity contribution in [2.45, 2.75) is 38.3 Å². The van der Waals surface area contributed by atoms with Crippen molar-refractivity contribution < 1.29 is 38.1 Å². The SMILES string of the molecule is COC(=O)[C@H]1C[C@@H](O)CN1Cc1cc([N+](=O)[O-])c(OCc2cccc(-c3ccccc3)c2F)cc1OCc1ccc2nonc2c1.Cl. The van der Waals surface area contributed by atoms with Crippen molar-refractivity contribution in [2.75, 3.05) is 13.7 Å². The topological polar surface area (TPSA) is 150 Å². The van der Waals surface area contributed by atoms with Crippen LogP contribution in [0.4, 0.5) is 10.1 Å². The minimum Gasteiger partial charge on any atom is -0.488 e. The number of nitro benzene ring substituents is 1. The second-order valence-corrected chi connectivity index (χ2v) is 10.9. The summed E-state index contributed by atoms with van der Waals surface area (Å²) in [6.45, 7) is -0.0556. The van der Waals surface area contributed by atoms with Crippen LogP contribution in [-0.4, -0.2) is 57.0 Å². The molecule has 0 aliphatic carbocycles. The highest BCUT2D eigenvalue weighted by Gasteiger charge is 2.37. The molecule has 14 heteroatoms. The van der Waals surface area contributed by atoms with Crippen LogP contribution in [0.2, 0.25) is 0 Å². The minimum absolute atomic E-state index is 0. The molecular formula is C33H30ClFN4O8. The molecule has 0 unspecified atom stereocenters. The fourth-order valence-electron chi connectivity index (χ4n) is 5.53. The molecule has 6 rings (SSSR count). The van der Waals surface area contributed by atoms with Gasteiger partial charge in [0, 0.05) is 48.3 Å². The van der Waals surface area contributed by atoms with Gasteiger partial charge in [0.25, 0.3) is 0 Å². The van der Waals surface area contributed by atoms with Gasteiger partial charge in [-0.15, -0.1) is 12.4 Å². The van der Waals surface area contributed by atoms with Crippen LogP contribution in [0.1, 0.15) is 23.1 Å². The number of halogens is 2. The number of nitro groups is 1. The summed E-state index contributed by atoms with van der Waals surface area (Å²) in [5.41, 5.74) is 3.10. The largest absolute Gasteiger partial charge is 0.488 e. The van der Waals surface area contributed by atoms with Gasteiger partial charge in [0.1, 0.15) is 41.9 Å². The fourth-order valence-corrected chi connectivity index (χ4v) is 5.53. The number of β-amino-alcohol motifs (C(OH)–C–C–N with tert-alkyl or cyclic N) is 1. The van der Waals surface area contributed by atoms with Gasteiger partial charge >= 0.3 is 11.7 Å². The van der Waals surface area contributed by atoms with Gasteiger partial charge in [0.05, 0.1) is 18.1 Å². The molecule has 1 aromatic heterocycles. The number of aromatic nitrogens is 2. The van der Waals surface area contributed by atoms with Crippen LogP contribution in [-0.2, 0) is 29.3 Å². The van der Waals surface area contributed by atoms with E-state index in [0.29, 0.717) is 27.7 Å². The predicted molar refractivity (Wildman–Crippen MR) is 169 cm³/mol. The van der Waals surface area contributed by atoms with Gasteiger partial charge in [-0.2, -0.15) is 0 Å². The third kappa shape index (κ3) is 7.32. The Bertz CT molecular complexity index is 1890. The van der Waals surface area contributed by atoms with Gasteiger partial charge in [0.15, 0.2) is 0 Å². The Morgan fingerprint density at radius 2 is 1.77 bits per heavy atom. The van der Waals surface area contributed by atoms with E-state index in [0.717, 1.165) is 5.56 Å². The van der Waals surface area contributed by atoms with E-state index in [2.05, 4.69) is 10.3 Å². The number of carbonyl (C=O) groups is 1. The van der Waals surface area contributed by atoms with Gasteiger partial charge in [-0.1, -0.05) is 54.6 Å². The maximum absolute atomic E-state index is 15.5. The summed E-state index contributed by atoms with van der Waals surface area (Å²) in [6.07, 6.45) is -0.624. The maximum Gasteiger partial charge on any atom is 0.323 e. The van der Waals surface area contributed by atoms with Gasteiger partial charge in [-0.3, -0.25) is 19.8 Å². The van der Waals surface area contributed by atoms with Crippen LogP contribution < -0.4 is 9.47 Å². The van der Waals surface area contributed by atoms with Crippen molar-refractivity contribution in [1.82, 2.24) is 15.2 Å². The average Bonchev–Trinajstić information content (AvgIpc) is 3.69. The van der Waals surface area contributed by atoms with E-state index >= 15 is 4.39 Å². The molecular weight excluding hydrogens is 635 g/mol. The third-order valence-electron chi connectivity index (χ3n) is 7.83. The Labute approximate surface area is 274 Å². The number of aliphatic hydroxyl groups is 1. The summed E-state index contributed by atoms with van der Waals surface area (Å²) >= 11 is 0. The average molecular weight is 665 g/mol. The Morgan fingerprint density at radius 1 is 1.00 bits per heavy atom. The maximum atomic E-state index is 15.5. The first-order chi connectivity index (χ1) is 22.3. The summed E-state index contributed by atoms with van der Waals surface area (Å²) in [6, 6.07) is 21.1. The van der Waals surface area contributed by atoms with Crippen molar-refractivity contribution in [2.24, 2.45) is 0 Å². The molecule has 2 heterocycles. The number of nitrogens with zero attached hydrogens (tertiary/aromatic N) is 4. The molecule has 0 saturated carbocycles. The number of likely N-dealkylation sites (tertiary alicyclic amines) is 1. The Morgan fingerprint density at radius 3 is 2.53 bits per heavy atom. The minimum atomic E-state index is -0.782. The number of ether oxygens (including phenoxy) is 3. The van der Waals surface area contributed by atoms with Crippen LogP contribution in [0.3, 0.4) is 0 Å². The molecule has 1 N–H and O–H groups in total. The quantitative estimate of drug-likeness (QED) is 0.106. The Balaban J connectivity index is 0.00000433. The van der Waals surface area contributed by atoms with E-state index in [9.17, 15) is 20.0 Å². The second-order valence-electron chi connectivity index (χ2n) is 10.9. The standard InChI is InChI=1S/C33H29FN4O8.ClH/c1-43-33(40)29-14-24(39)17-37(29)16-23-13-28(38(41)42)31(15-30(23)44-18-20-10-11-26-27(12-20)36-46-35-26)45-19-22-8-5-9-25(32(22)34)21-6-3-2-4-7-21;/h2-13,15,24,29,39H,14,16-19H2,1H3;1H/t24-,29-;/m1./s1. The van der Waals surface area contributed by atoms with Crippen molar-refractivity contribution in [3.05, 3.63) is 111 Å². The number of fused-ring (bicyclic) bond motifs is 1. The normalized spacial score (nSPS) is 16.1. The lowest BCUT2D eigenvalue weighted by molar-refractivity contribution is -0.386. The van der Waals surface area contributed by atoms with Crippen LogP contribution in [0.25, 0.3) is 22.2 Å². The highest BCUT2D eigenvalue weighted by molar-refractivity contribution is 5.85. The number of rotatable bonds is 11. The molecule has 1 aliphatic heterocycles. The number of methoxy groups -OCH3 is 1. The van der Waals surface area contributed by atoms with Crippen molar-refractivity contribution in [3.63, 3.8) is 0 Å². The molecule has 4 aromatic carbocycles. The van der Waals surface area contributed by atoms with E-state index in [-0.39, 0.29) is 67.9 Å². The van der Waals surface area contributed by atoms with E-state index < -0.39 is 28.9 Å². The molecule has 1 fully saturated rings. The van der Waals surface area contributed by atoms with Crippen LogP contribution >= 0.6 is 12.4 Å². The van der Waals surface area contributed by atoms with Crippen molar-refractivity contribution in [3.8, 4) is 22.6 Å². The molecule has 0 spiro atoms. The number of aliphatic hydroxyl groups excluding tert-OH is 1. The monoisotopic (exact) mass is 664 g/mol. The summed E-state index contributed by atoms with van der Waals surface area (Å²) in [4.78, 5) is 25.8. The Hall–Kier alpha value is -5.11. The molecule has 0 amide bonds. The lowest BCUT2D eigenvalue weighted by Gasteiger charge is -2.23. The number of hydrogen-bond acceptors (Lipinski definition) is 11. The lowest BCUT2D eigenvalue weighted by atomic mass is 10.0. The van der Waals surface area contributed by atoms with E-state index in [4.69, 9.17) is 18.8 Å². The lowest BCUT2D eigenvalue weighted by Crippen LogP contribution is -2.36. The number of esters is 1. The van der Waals surface area contributed by atoms with Gasteiger partial charge in [-0.05, 0) is 33.6 Å². The van der Waals surface area contributed by atoms with Crippen molar-refractivity contribution in [1.29, 1.82) is 0 Å². The highest BCUT2D eigenvalue weighted by atomic mass is 35.5.